The molecule has 1 amide bonds. The van der Waals surface area contributed by atoms with Crippen LogP contribution < -0.4 is 0 Å². The third kappa shape index (κ3) is 2.97. The molecule has 0 fully saturated rings. The van der Waals surface area contributed by atoms with Crippen molar-refractivity contribution in [3.05, 3.63) is 36.0 Å². The van der Waals surface area contributed by atoms with Crippen molar-refractivity contribution < 1.29 is 4.79 Å². The number of carbonyl (C=O) groups excluding carboxylic acids is 1. The fourth-order valence-corrected chi connectivity index (χ4v) is 2.22. The standard InChI is InChI=1S/C16H18N2O/c1-3-11-18(4-2)16(19)10-9-13-12-17-15-8-6-5-7-14(13)15/h1,5-8,12,17H,4,9-11H2,2H3. The van der Waals surface area contributed by atoms with Gasteiger partial charge in [-0.15, -0.1) is 6.42 Å². The van der Waals surface area contributed by atoms with Crippen LogP contribution in [0.2, 0.25) is 0 Å². The minimum Gasteiger partial charge on any atom is -0.361 e. The normalized spacial score (nSPS) is 10.3. The lowest BCUT2D eigenvalue weighted by Crippen LogP contribution is -2.31. The molecule has 3 heteroatoms. The zero-order valence-corrected chi connectivity index (χ0v) is 11.1. The molecule has 2 aromatic rings. The summed E-state index contributed by atoms with van der Waals surface area (Å²) in [4.78, 5) is 16.9. The minimum absolute atomic E-state index is 0.116. The molecule has 3 nitrogen and oxygen atoms in total. The molecule has 0 spiro atoms. The number of terminal acetylenes is 1. The van der Waals surface area contributed by atoms with Crippen molar-refractivity contribution in [1.29, 1.82) is 0 Å². The predicted octanol–water partition coefficient (Wildman–Crippen LogP) is 2.58. The number of hydrogen-bond donors (Lipinski definition) is 1. The minimum atomic E-state index is 0.116. The Labute approximate surface area is 113 Å². The van der Waals surface area contributed by atoms with Gasteiger partial charge in [-0.2, -0.15) is 0 Å². The number of hydrogen-bond acceptors (Lipinski definition) is 1. The molecule has 0 radical (unpaired) electrons. The van der Waals surface area contributed by atoms with Gasteiger partial charge in [-0.25, -0.2) is 0 Å². The fourth-order valence-electron chi connectivity index (χ4n) is 2.22. The summed E-state index contributed by atoms with van der Waals surface area (Å²) < 4.78 is 0. The quantitative estimate of drug-likeness (QED) is 0.818. The van der Waals surface area contributed by atoms with Crippen LogP contribution >= 0.6 is 0 Å². The van der Waals surface area contributed by atoms with Crippen LogP contribution in [0.15, 0.2) is 30.5 Å². The van der Waals surface area contributed by atoms with Gasteiger partial charge in [0, 0.05) is 30.1 Å². The highest BCUT2D eigenvalue weighted by Crippen LogP contribution is 2.19. The van der Waals surface area contributed by atoms with Crippen LogP contribution in [0.4, 0.5) is 0 Å². The van der Waals surface area contributed by atoms with Crippen molar-refractivity contribution in [1.82, 2.24) is 9.88 Å². The fraction of sp³-hybridized carbons (Fsp3) is 0.312. The number of para-hydroxylation sites is 1. The van der Waals surface area contributed by atoms with E-state index in [0.29, 0.717) is 19.5 Å². The number of amides is 1. The summed E-state index contributed by atoms with van der Waals surface area (Å²) in [6, 6.07) is 8.12. The molecule has 0 unspecified atom stereocenters. The highest BCUT2D eigenvalue weighted by atomic mass is 16.2. The topological polar surface area (TPSA) is 36.1 Å². The van der Waals surface area contributed by atoms with Crippen LogP contribution in [0.25, 0.3) is 10.9 Å². The van der Waals surface area contributed by atoms with Gasteiger partial charge in [0.05, 0.1) is 6.54 Å². The van der Waals surface area contributed by atoms with Crippen LogP contribution in [-0.4, -0.2) is 28.9 Å². The Bertz CT molecular complexity index is 606. The van der Waals surface area contributed by atoms with Gasteiger partial charge in [0.1, 0.15) is 0 Å². The Morgan fingerprint density at radius 2 is 2.21 bits per heavy atom. The maximum atomic E-state index is 12.0. The van der Waals surface area contributed by atoms with E-state index in [2.05, 4.69) is 17.0 Å². The highest BCUT2D eigenvalue weighted by molar-refractivity contribution is 5.84. The Hall–Kier alpha value is -2.21. The van der Waals surface area contributed by atoms with Crippen molar-refractivity contribution in [3.63, 3.8) is 0 Å². The summed E-state index contributed by atoms with van der Waals surface area (Å²) in [5.41, 5.74) is 2.29. The second kappa shape index (κ2) is 6.10. The Kier molecular flexibility index (Phi) is 4.25. The number of nitrogens with zero attached hydrogens (tertiary/aromatic N) is 1. The van der Waals surface area contributed by atoms with E-state index in [0.717, 1.165) is 11.9 Å². The van der Waals surface area contributed by atoms with Gasteiger partial charge in [-0.05, 0) is 25.0 Å². The molecule has 2 rings (SSSR count). The van der Waals surface area contributed by atoms with Crippen molar-refractivity contribution in [2.24, 2.45) is 0 Å². The summed E-state index contributed by atoms with van der Waals surface area (Å²) in [5.74, 6) is 2.64. The molecule has 1 heterocycles. The molecule has 0 saturated carbocycles. The molecule has 1 aromatic heterocycles. The zero-order valence-electron chi connectivity index (χ0n) is 11.1. The molecule has 0 bridgehead atoms. The van der Waals surface area contributed by atoms with Gasteiger partial charge >= 0.3 is 0 Å². The van der Waals surface area contributed by atoms with E-state index in [9.17, 15) is 4.79 Å². The predicted molar refractivity (Wildman–Crippen MR) is 77.7 cm³/mol. The van der Waals surface area contributed by atoms with E-state index in [1.165, 1.54) is 10.9 Å². The van der Waals surface area contributed by atoms with E-state index in [4.69, 9.17) is 6.42 Å². The zero-order chi connectivity index (χ0) is 13.7. The second-order valence-corrected chi connectivity index (χ2v) is 4.47. The number of carbonyl (C=O) groups is 1. The summed E-state index contributed by atoms with van der Waals surface area (Å²) in [6.07, 6.45) is 8.48. The maximum absolute atomic E-state index is 12.0. The first-order chi connectivity index (χ1) is 9.26. The lowest BCUT2D eigenvalue weighted by molar-refractivity contribution is -0.130. The smallest absolute Gasteiger partial charge is 0.223 e. The molecule has 0 atom stereocenters. The Morgan fingerprint density at radius 1 is 1.42 bits per heavy atom. The first kappa shape index (κ1) is 13.2. The summed E-state index contributed by atoms with van der Waals surface area (Å²) in [7, 11) is 0. The lowest BCUT2D eigenvalue weighted by atomic mass is 10.1. The van der Waals surface area contributed by atoms with Crippen LogP contribution in [-0.2, 0) is 11.2 Å². The number of rotatable bonds is 5. The summed E-state index contributed by atoms with van der Waals surface area (Å²) in [6.45, 7) is 3.00. The molecular weight excluding hydrogens is 236 g/mol. The molecular formula is C16H18N2O. The number of nitrogens with one attached hydrogen (secondary N) is 1. The van der Waals surface area contributed by atoms with Crippen molar-refractivity contribution in [2.45, 2.75) is 19.8 Å². The van der Waals surface area contributed by atoms with Crippen LogP contribution in [0.5, 0.6) is 0 Å². The number of benzene rings is 1. The number of aromatic nitrogens is 1. The van der Waals surface area contributed by atoms with Gasteiger partial charge in [0.15, 0.2) is 0 Å². The SMILES string of the molecule is C#CCN(CC)C(=O)CCc1c[nH]c2ccccc12. The maximum Gasteiger partial charge on any atom is 0.223 e. The molecule has 0 saturated heterocycles. The van der Waals surface area contributed by atoms with Crippen LogP contribution in [0.1, 0.15) is 18.9 Å². The van der Waals surface area contributed by atoms with Crippen LogP contribution in [0, 0.1) is 12.3 Å². The second-order valence-electron chi connectivity index (χ2n) is 4.47. The van der Waals surface area contributed by atoms with Crippen LogP contribution in [0.3, 0.4) is 0 Å². The number of fused-ring (bicyclic) bond motifs is 1. The first-order valence-corrected chi connectivity index (χ1v) is 6.52. The monoisotopic (exact) mass is 254 g/mol. The molecule has 19 heavy (non-hydrogen) atoms. The Morgan fingerprint density at radius 3 is 2.95 bits per heavy atom. The van der Waals surface area contributed by atoms with Gasteiger partial charge in [0.2, 0.25) is 5.91 Å². The van der Waals surface area contributed by atoms with Crippen molar-refractivity contribution >= 4 is 16.8 Å². The molecule has 1 aromatic carbocycles. The van der Waals surface area contributed by atoms with Gasteiger partial charge in [-0.1, -0.05) is 24.1 Å². The van der Waals surface area contributed by atoms with Crippen molar-refractivity contribution in [3.8, 4) is 12.3 Å². The van der Waals surface area contributed by atoms with Crippen molar-refractivity contribution in [2.75, 3.05) is 13.1 Å². The number of H-pyrrole nitrogens is 1. The molecule has 0 aliphatic heterocycles. The molecule has 0 aliphatic rings. The summed E-state index contributed by atoms with van der Waals surface area (Å²) in [5, 5.41) is 1.19. The molecule has 98 valence electrons. The lowest BCUT2D eigenvalue weighted by Gasteiger charge is -2.17. The molecule has 0 aliphatic carbocycles. The van der Waals surface area contributed by atoms with E-state index in [1.807, 2.05) is 31.3 Å². The van der Waals surface area contributed by atoms with Gasteiger partial charge in [-0.3, -0.25) is 4.79 Å². The first-order valence-electron chi connectivity index (χ1n) is 6.52. The van der Waals surface area contributed by atoms with E-state index in [1.54, 1.807) is 4.90 Å². The van der Waals surface area contributed by atoms with Gasteiger partial charge in [0.25, 0.3) is 0 Å². The van der Waals surface area contributed by atoms with E-state index in [-0.39, 0.29) is 5.91 Å². The largest absolute Gasteiger partial charge is 0.361 e. The molecule has 1 N–H and O–H groups in total. The number of aromatic amines is 1. The average Bonchev–Trinajstić information content (AvgIpc) is 2.85. The van der Waals surface area contributed by atoms with E-state index >= 15 is 0 Å². The third-order valence-electron chi connectivity index (χ3n) is 3.30. The third-order valence-corrected chi connectivity index (χ3v) is 3.30. The summed E-state index contributed by atoms with van der Waals surface area (Å²) >= 11 is 0. The highest BCUT2D eigenvalue weighted by Gasteiger charge is 2.11. The van der Waals surface area contributed by atoms with Gasteiger partial charge < -0.3 is 9.88 Å². The van der Waals surface area contributed by atoms with E-state index < -0.39 is 0 Å². The Balaban J connectivity index is 2.03. The number of aryl methyl sites for hydroxylation is 1. The average molecular weight is 254 g/mol.